The molecule has 0 saturated heterocycles. The monoisotopic (exact) mass is 632 g/mol. The molecule has 3 aliphatic carbocycles. The predicted molar refractivity (Wildman–Crippen MR) is 167 cm³/mol. The van der Waals surface area contributed by atoms with E-state index in [9.17, 15) is 19.5 Å². The van der Waals surface area contributed by atoms with Crippen molar-refractivity contribution in [2.45, 2.75) is 79.2 Å². The van der Waals surface area contributed by atoms with Gasteiger partial charge in [0.25, 0.3) is 0 Å². The maximum atomic E-state index is 13.4. The highest BCUT2D eigenvalue weighted by atomic mass is 16.5. The van der Waals surface area contributed by atoms with Crippen LogP contribution in [0.4, 0.5) is 0 Å². The van der Waals surface area contributed by atoms with Crippen LogP contribution in [0.1, 0.15) is 99.4 Å². The Labute approximate surface area is 267 Å². The van der Waals surface area contributed by atoms with Crippen molar-refractivity contribution < 1.29 is 47.9 Å². The third-order valence-corrected chi connectivity index (χ3v) is 11.5. The lowest BCUT2D eigenvalue weighted by Gasteiger charge is -2.46. The molecular formula is C35H52O10. The molecule has 0 radical (unpaired) electrons. The fourth-order valence-electron chi connectivity index (χ4n) is 9.41. The summed E-state index contributed by atoms with van der Waals surface area (Å²) < 4.78 is 33.7. The molecule has 0 unspecified atom stereocenters. The molecule has 1 aromatic rings. The maximum Gasteiger partial charge on any atom is 0.345 e. The molecule has 10 nitrogen and oxygen atoms in total. The van der Waals surface area contributed by atoms with Crippen molar-refractivity contribution in [2.24, 2.45) is 46.3 Å². The van der Waals surface area contributed by atoms with E-state index in [1.807, 2.05) is 0 Å². The van der Waals surface area contributed by atoms with E-state index in [4.69, 9.17) is 28.4 Å². The highest BCUT2D eigenvalue weighted by Gasteiger charge is 2.71. The Hall–Kier alpha value is -3.01. The Bertz CT molecular complexity index is 1260. The van der Waals surface area contributed by atoms with Gasteiger partial charge in [0.2, 0.25) is 0 Å². The van der Waals surface area contributed by atoms with Gasteiger partial charge in [-0.15, -0.1) is 0 Å². The first kappa shape index (κ1) is 34.9. The molecule has 0 amide bonds. The lowest BCUT2D eigenvalue weighted by molar-refractivity contribution is -0.143. The molecule has 1 N–H and O–H groups in total. The Morgan fingerprint density at radius 1 is 0.844 bits per heavy atom. The van der Waals surface area contributed by atoms with Gasteiger partial charge >= 0.3 is 17.9 Å². The van der Waals surface area contributed by atoms with Crippen molar-refractivity contribution in [1.82, 2.24) is 0 Å². The first-order chi connectivity index (χ1) is 21.2. The molecule has 0 aliphatic heterocycles. The summed E-state index contributed by atoms with van der Waals surface area (Å²) in [5.74, 6) is -0.694. The first-order valence-electron chi connectivity index (χ1n) is 16.0. The van der Waals surface area contributed by atoms with E-state index in [-0.39, 0.29) is 63.4 Å². The summed E-state index contributed by atoms with van der Waals surface area (Å²) in [6.45, 7) is 12.7. The third-order valence-electron chi connectivity index (χ3n) is 11.5. The number of hydrogen-bond acceptors (Lipinski definition) is 10. The quantitative estimate of drug-likeness (QED) is 0.241. The van der Waals surface area contributed by atoms with Crippen LogP contribution < -0.4 is 14.2 Å². The van der Waals surface area contributed by atoms with Gasteiger partial charge in [0.1, 0.15) is 22.6 Å². The second-order valence-electron chi connectivity index (χ2n) is 14.3. The molecule has 4 rings (SSSR count). The Balaban J connectivity index is 2.07. The van der Waals surface area contributed by atoms with Crippen LogP contribution in [0.2, 0.25) is 0 Å². The molecule has 0 bridgehead atoms. The molecule has 10 heteroatoms. The summed E-state index contributed by atoms with van der Waals surface area (Å²) in [6.07, 6.45) is 2.38. The lowest BCUT2D eigenvalue weighted by atomic mass is 9.59. The molecule has 3 saturated carbocycles. The van der Waals surface area contributed by atoms with E-state index in [2.05, 4.69) is 34.6 Å². The van der Waals surface area contributed by atoms with Crippen molar-refractivity contribution in [3.05, 3.63) is 16.7 Å². The summed E-state index contributed by atoms with van der Waals surface area (Å²) in [5.41, 5.74) is -0.240. The number of carbonyl (C=O) groups is 3. The molecule has 1 aromatic carbocycles. The van der Waals surface area contributed by atoms with Crippen LogP contribution >= 0.6 is 0 Å². The second kappa shape index (κ2) is 13.0. The molecule has 0 aromatic heterocycles. The van der Waals surface area contributed by atoms with Crippen LogP contribution in [-0.4, -0.2) is 71.3 Å². The van der Waals surface area contributed by atoms with Gasteiger partial charge in [-0.1, -0.05) is 34.6 Å². The second-order valence-corrected chi connectivity index (χ2v) is 14.3. The van der Waals surface area contributed by atoms with Crippen molar-refractivity contribution in [2.75, 3.05) is 42.2 Å². The molecule has 45 heavy (non-hydrogen) atoms. The minimum Gasteiger partial charge on any atom is -0.495 e. The number of benzene rings is 1. The largest absolute Gasteiger partial charge is 0.495 e. The van der Waals surface area contributed by atoms with Crippen LogP contribution in [0.25, 0.3) is 0 Å². The minimum absolute atomic E-state index is 0.0432. The predicted octanol–water partition coefficient (Wildman–Crippen LogP) is 5.66. The average molecular weight is 633 g/mol. The zero-order valence-electron chi connectivity index (χ0n) is 28.8. The number of carbonyl (C=O) groups excluding carboxylic acids is 3. The average Bonchev–Trinajstić information content (AvgIpc) is 3.50. The van der Waals surface area contributed by atoms with Crippen molar-refractivity contribution >= 4 is 17.9 Å². The smallest absolute Gasteiger partial charge is 0.345 e. The van der Waals surface area contributed by atoms with Gasteiger partial charge in [-0.2, -0.15) is 0 Å². The number of hydrogen-bond donors (Lipinski definition) is 1. The van der Waals surface area contributed by atoms with Crippen molar-refractivity contribution in [3.8, 4) is 17.2 Å². The standard InChI is InChI=1S/C35H52O10/c1-17(2)14-22(24-29(40-7)25(32(38)43-10)31(42-9)26(30(24)41-8)33(39)44-11)35(6)23(37)15-20-19(16-45-18(3)36)12-13-21-28(27(20)35)34(21,4)5/h17,19-23,27-28,37H,12-16H2,1-11H3/t19-,20+,21-,22+,23+,27-,28-,35+/m1/s1. The number of esters is 3. The summed E-state index contributed by atoms with van der Waals surface area (Å²) in [6, 6.07) is 0. The zero-order valence-corrected chi connectivity index (χ0v) is 28.8. The van der Waals surface area contributed by atoms with E-state index >= 15 is 0 Å². The van der Waals surface area contributed by atoms with Crippen LogP contribution in [0, 0.1) is 46.3 Å². The number of rotatable bonds is 11. The summed E-state index contributed by atoms with van der Waals surface area (Å²) in [4.78, 5) is 38.7. The van der Waals surface area contributed by atoms with E-state index in [0.717, 1.165) is 12.8 Å². The van der Waals surface area contributed by atoms with Gasteiger partial charge in [-0.25, -0.2) is 9.59 Å². The van der Waals surface area contributed by atoms with E-state index in [1.54, 1.807) is 0 Å². The zero-order chi connectivity index (χ0) is 33.6. The molecule has 0 spiro atoms. The van der Waals surface area contributed by atoms with Crippen molar-refractivity contribution in [3.63, 3.8) is 0 Å². The number of ether oxygens (including phenoxy) is 6. The van der Waals surface area contributed by atoms with Gasteiger partial charge in [0.15, 0.2) is 5.75 Å². The molecule has 252 valence electrons. The summed E-state index contributed by atoms with van der Waals surface area (Å²) in [5, 5.41) is 12.3. The Morgan fingerprint density at radius 3 is 1.82 bits per heavy atom. The number of methoxy groups -OCH3 is 5. The first-order valence-corrected chi connectivity index (χ1v) is 16.0. The van der Waals surface area contributed by atoms with Gasteiger partial charge < -0.3 is 33.5 Å². The van der Waals surface area contributed by atoms with Gasteiger partial charge in [0, 0.05) is 17.9 Å². The van der Waals surface area contributed by atoms with E-state index in [1.165, 1.54) is 42.5 Å². The third kappa shape index (κ3) is 5.65. The van der Waals surface area contributed by atoms with Crippen LogP contribution in [0.5, 0.6) is 17.2 Å². The fourth-order valence-corrected chi connectivity index (χ4v) is 9.41. The van der Waals surface area contributed by atoms with Crippen molar-refractivity contribution in [1.29, 1.82) is 0 Å². The number of aliphatic hydroxyl groups excluding tert-OH is 1. The Morgan fingerprint density at radius 2 is 1.38 bits per heavy atom. The van der Waals surface area contributed by atoms with E-state index < -0.39 is 29.4 Å². The van der Waals surface area contributed by atoms with Gasteiger partial charge in [0.05, 0.1) is 48.3 Å². The highest BCUT2D eigenvalue weighted by molar-refractivity contribution is 6.05. The van der Waals surface area contributed by atoms with Crippen LogP contribution in [0.3, 0.4) is 0 Å². The molecule has 3 fully saturated rings. The lowest BCUT2D eigenvalue weighted by Crippen LogP contribution is -2.43. The van der Waals surface area contributed by atoms with Crippen LogP contribution in [-0.2, 0) is 19.0 Å². The maximum absolute atomic E-state index is 13.4. The van der Waals surface area contributed by atoms with E-state index in [0.29, 0.717) is 36.8 Å². The Kier molecular flexibility index (Phi) is 10.1. The molecule has 3 aliphatic rings. The fraction of sp³-hybridized carbons (Fsp3) is 0.743. The van der Waals surface area contributed by atoms with Gasteiger partial charge in [-0.05, 0) is 72.5 Å². The topological polar surface area (TPSA) is 127 Å². The van der Waals surface area contributed by atoms with Gasteiger partial charge in [-0.3, -0.25) is 4.79 Å². The number of fused-ring (bicyclic) bond motifs is 3. The molecular weight excluding hydrogens is 580 g/mol. The number of aliphatic hydroxyl groups is 1. The molecule has 0 heterocycles. The highest BCUT2D eigenvalue weighted by Crippen LogP contribution is 2.75. The minimum atomic E-state index is -0.740. The SMILES string of the molecule is COC(=O)c1c(OC)c(C(=O)OC)c(OC)c([C@H](CC(C)C)[C@]2(C)[C@@H]3[C@@H](C[C@@H]2O)[C@@H](COC(C)=O)CC[C@@H]2[C@H]3C2(C)C)c1OC. The molecule has 8 atom stereocenters. The summed E-state index contributed by atoms with van der Waals surface area (Å²) in [7, 11) is 6.79. The van der Waals surface area contributed by atoms with Crippen LogP contribution in [0.15, 0.2) is 0 Å². The summed E-state index contributed by atoms with van der Waals surface area (Å²) >= 11 is 0. The normalized spacial score (nSPS) is 30.3.